The van der Waals surface area contributed by atoms with Crippen molar-refractivity contribution in [2.75, 3.05) is 19.1 Å². The Balaban J connectivity index is 1.99. The number of carbonyl (C=O) groups excluding carboxylic acids is 1. The van der Waals surface area contributed by atoms with E-state index < -0.39 is 22.5 Å². The summed E-state index contributed by atoms with van der Waals surface area (Å²) >= 11 is 0. The first-order valence-electron chi connectivity index (χ1n) is 7.35. The molecular weight excluding hydrogens is 327 g/mol. The molecule has 4 atom stereocenters. The predicted octanol–water partition coefficient (Wildman–Crippen LogP) is 3.03. The summed E-state index contributed by atoms with van der Waals surface area (Å²) in [6.07, 6.45) is -2.10. The average Bonchev–Trinajstić information content (AvgIpc) is 3.24. The minimum absolute atomic E-state index is 0.0217. The molecule has 1 aromatic carbocycles. The van der Waals surface area contributed by atoms with Crippen molar-refractivity contribution in [1.82, 2.24) is 4.90 Å². The molecule has 0 N–H and O–H groups in total. The van der Waals surface area contributed by atoms with Crippen molar-refractivity contribution in [3.8, 4) is 0 Å². The maximum Gasteiger partial charge on any atom is 0.416 e. The van der Waals surface area contributed by atoms with Crippen molar-refractivity contribution in [1.29, 1.82) is 0 Å². The number of rotatable bonds is 5. The molecule has 128 valence electrons. The lowest BCUT2D eigenvalue weighted by atomic mass is 10.1. The van der Waals surface area contributed by atoms with Crippen LogP contribution in [0.25, 0.3) is 0 Å². The van der Waals surface area contributed by atoms with Gasteiger partial charge in [-0.3, -0.25) is 9.00 Å². The van der Waals surface area contributed by atoms with Crippen LogP contribution >= 0.6 is 0 Å². The second-order valence-electron chi connectivity index (χ2n) is 6.11. The van der Waals surface area contributed by atoms with Gasteiger partial charge in [0.25, 0.3) is 0 Å². The Kier molecular flexibility index (Phi) is 5.18. The SMILES string of the molecule is C[C@H](C[S@](C)=O)N(C)C(=O)[C@H]1C[C@H]1c1ccc(C(F)(F)F)cc1. The second-order valence-corrected chi connectivity index (χ2v) is 7.59. The van der Waals surface area contributed by atoms with E-state index in [0.717, 1.165) is 17.7 Å². The lowest BCUT2D eigenvalue weighted by Gasteiger charge is -2.24. The Morgan fingerprint density at radius 3 is 2.39 bits per heavy atom. The Labute approximate surface area is 136 Å². The molecule has 0 aromatic heterocycles. The zero-order chi connectivity index (χ0) is 17.4. The van der Waals surface area contributed by atoms with Crippen LogP contribution in [0.15, 0.2) is 24.3 Å². The molecule has 0 heterocycles. The Hall–Kier alpha value is -1.37. The molecular formula is C16H20F3NO2S. The lowest BCUT2D eigenvalue weighted by Crippen LogP contribution is -2.39. The number of alkyl halides is 3. The van der Waals surface area contributed by atoms with Gasteiger partial charge < -0.3 is 4.90 Å². The third-order valence-corrected chi connectivity index (χ3v) is 5.21. The standard InChI is InChI=1S/C16H20F3NO2S/c1-10(9-23(3)22)20(2)15(21)14-8-13(14)11-4-6-12(7-5-11)16(17,18)19/h4-7,10,13-14H,8-9H2,1-3H3/t10-,13+,14+,23+/m1/s1. The maximum absolute atomic E-state index is 12.6. The van der Waals surface area contributed by atoms with Gasteiger partial charge in [0.2, 0.25) is 5.91 Å². The number of carbonyl (C=O) groups is 1. The van der Waals surface area contributed by atoms with E-state index in [2.05, 4.69) is 0 Å². The minimum Gasteiger partial charge on any atom is -0.342 e. The minimum atomic E-state index is -4.34. The number of halogens is 3. The van der Waals surface area contributed by atoms with E-state index in [1.54, 1.807) is 18.2 Å². The molecule has 2 rings (SSSR count). The first kappa shape index (κ1) is 18.0. The zero-order valence-corrected chi connectivity index (χ0v) is 14.1. The highest BCUT2D eigenvalue weighted by atomic mass is 32.2. The monoisotopic (exact) mass is 347 g/mol. The van der Waals surface area contributed by atoms with E-state index in [-0.39, 0.29) is 23.8 Å². The summed E-state index contributed by atoms with van der Waals surface area (Å²) < 4.78 is 48.9. The van der Waals surface area contributed by atoms with Crippen LogP contribution in [0.3, 0.4) is 0 Å². The predicted molar refractivity (Wildman–Crippen MR) is 83.5 cm³/mol. The summed E-state index contributed by atoms with van der Waals surface area (Å²) in [7, 11) is 0.701. The molecule has 0 spiro atoms. The van der Waals surface area contributed by atoms with Gasteiger partial charge in [-0.1, -0.05) is 12.1 Å². The molecule has 7 heteroatoms. The van der Waals surface area contributed by atoms with Gasteiger partial charge in [0, 0.05) is 41.8 Å². The third-order valence-electron chi connectivity index (χ3n) is 4.26. The third kappa shape index (κ3) is 4.34. The molecule has 0 unspecified atom stereocenters. The van der Waals surface area contributed by atoms with Crippen molar-refractivity contribution in [2.24, 2.45) is 5.92 Å². The van der Waals surface area contributed by atoms with E-state index >= 15 is 0 Å². The molecule has 1 aliphatic carbocycles. The maximum atomic E-state index is 12.6. The highest BCUT2D eigenvalue weighted by Crippen LogP contribution is 2.48. The van der Waals surface area contributed by atoms with Crippen molar-refractivity contribution in [2.45, 2.75) is 31.5 Å². The summed E-state index contributed by atoms with van der Waals surface area (Å²) in [6.45, 7) is 1.84. The van der Waals surface area contributed by atoms with Gasteiger partial charge in [-0.15, -0.1) is 0 Å². The summed E-state index contributed by atoms with van der Waals surface area (Å²) in [5.74, 6) is 0.170. The highest BCUT2D eigenvalue weighted by molar-refractivity contribution is 7.84. The van der Waals surface area contributed by atoms with Gasteiger partial charge >= 0.3 is 6.18 Å². The van der Waals surface area contributed by atoms with Gasteiger partial charge in [0.15, 0.2) is 0 Å². The van der Waals surface area contributed by atoms with E-state index in [0.29, 0.717) is 12.2 Å². The van der Waals surface area contributed by atoms with Crippen molar-refractivity contribution >= 4 is 16.7 Å². The molecule has 0 bridgehead atoms. The summed E-state index contributed by atoms with van der Waals surface area (Å²) in [4.78, 5) is 14.0. The Bertz CT molecular complexity index is 600. The van der Waals surface area contributed by atoms with E-state index in [4.69, 9.17) is 0 Å². The van der Waals surface area contributed by atoms with Crippen molar-refractivity contribution < 1.29 is 22.2 Å². The van der Waals surface area contributed by atoms with Gasteiger partial charge in [0.05, 0.1) is 5.56 Å². The van der Waals surface area contributed by atoms with Crippen LogP contribution in [0.2, 0.25) is 0 Å². The van der Waals surface area contributed by atoms with E-state index in [1.807, 2.05) is 6.92 Å². The topological polar surface area (TPSA) is 37.4 Å². The van der Waals surface area contributed by atoms with Gasteiger partial charge in [-0.05, 0) is 37.0 Å². The molecule has 1 saturated carbocycles. The molecule has 1 amide bonds. The van der Waals surface area contributed by atoms with Crippen LogP contribution in [-0.2, 0) is 21.8 Å². The first-order chi connectivity index (χ1) is 10.6. The van der Waals surface area contributed by atoms with Gasteiger partial charge in [0.1, 0.15) is 0 Å². The highest BCUT2D eigenvalue weighted by Gasteiger charge is 2.46. The molecule has 1 aromatic rings. The molecule has 3 nitrogen and oxygen atoms in total. The molecule has 0 aliphatic heterocycles. The van der Waals surface area contributed by atoms with Crippen LogP contribution in [0, 0.1) is 5.92 Å². The summed E-state index contributed by atoms with van der Waals surface area (Å²) in [5, 5.41) is 0. The molecule has 0 saturated heterocycles. The second kappa shape index (κ2) is 6.63. The Morgan fingerprint density at radius 1 is 1.35 bits per heavy atom. The molecule has 1 fully saturated rings. The van der Waals surface area contributed by atoms with Crippen LogP contribution in [0.1, 0.15) is 30.4 Å². The number of benzene rings is 1. The van der Waals surface area contributed by atoms with Crippen LogP contribution in [0.5, 0.6) is 0 Å². The van der Waals surface area contributed by atoms with Crippen molar-refractivity contribution in [3.63, 3.8) is 0 Å². The van der Waals surface area contributed by atoms with Crippen molar-refractivity contribution in [3.05, 3.63) is 35.4 Å². The van der Waals surface area contributed by atoms with E-state index in [1.165, 1.54) is 12.1 Å². The summed E-state index contributed by atoms with van der Waals surface area (Å²) in [6, 6.07) is 4.89. The zero-order valence-electron chi connectivity index (χ0n) is 13.3. The van der Waals surface area contributed by atoms with E-state index in [9.17, 15) is 22.2 Å². The normalized spacial score (nSPS) is 23.2. The fourth-order valence-electron chi connectivity index (χ4n) is 2.69. The fraction of sp³-hybridized carbons (Fsp3) is 0.562. The smallest absolute Gasteiger partial charge is 0.342 e. The van der Waals surface area contributed by atoms with Crippen LogP contribution < -0.4 is 0 Å². The number of nitrogens with zero attached hydrogens (tertiary/aromatic N) is 1. The molecule has 23 heavy (non-hydrogen) atoms. The molecule has 0 radical (unpaired) electrons. The quantitative estimate of drug-likeness (QED) is 0.821. The van der Waals surface area contributed by atoms with Gasteiger partial charge in [-0.2, -0.15) is 13.2 Å². The molecule has 1 aliphatic rings. The lowest BCUT2D eigenvalue weighted by molar-refractivity contribution is -0.137. The van der Waals surface area contributed by atoms with Gasteiger partial charge in [-0.25, -0.2) is 0 Å². The first-order valence-corrected chi connectivity index (χ1v) is 9.08. The average molecular weight is 347 g/mol. The van der Waals surface area contributed by atoms with Crippen LogP contribution in [0.4, 0.5) is 13.2 Å². The number of hydrogen-bond donors (Lipinski definition) is 0. The van der Waals surface area contributed by atoms with Crippen LogP contribution in [-0.4, -0.2) is 40.1 Å². The summed E-state index contributed by atoms with van der Waals surface area (Å²) in [5.41, 5.74) is 0.0809. The fourth-order valence-corrected chi connectivity index (χ4v) is 3.59. The number of hydrogen-bond acceptors (Lipinski definition) is 2. The largest absolute Gasteiger partial charge is 0.416 e. The Morgan fingerprint density at radius 2 is 1.91 bits per heavy atom. The number of amides is 1.